The van der Waals surface area contributed by atoms with E-state index in [1.54, 1.807) is 0 Å². The average Bonchev–Trinajstić information content (AvgIpc) is 1.41. The summed E-state index contributed by atoms with van der Waals surface area (Å²) >= 11 is 0.950. The van der Waals surface area contributed by atoms with Crippen LogP contribution < -0.4 is 0 Å². The normalized spacial score (nSPS) is 5.80. The van der Waals surface area contributed by atoms with Crippen molar-refractivity contribution in [3.05, 3.63) is 0 Å². The molecule has 0 bridgehead atoms. The molecule has 0 aromatic heterocycles. The van der Waals surface area contributed by atoms with Crippen molar-refractivity contribution in [3.8, 4) is 0 Å². The maximum atomic E-state index is 9.15. The zero-order chi connectivity index (χ0) is 4.12. The Labute approximate surface area is 37.1 Å². The van der Waals surface area contributed by atoms with Crippen molar-refractivity contribution < 1.29 is 8.81 Å². The van der Waals surface area contributed by atoms with Gasteiger partial charge in [0, 0.05) is 0 Å². The summed E-state index contributed by atoms with van der Waals surface area (Å²) in [5.74, 6) is 0. The van der Waals surface area contributed by atoms with Crippen LogP contribution in [0, 0.1) is 0 Å². The van der Waals surface area contributed by atoms with E-state index < -0.39 is 0 Å². The molecule has 0 aliphatic rings. The zero-order valence-electron chi connectivity index (χ0n) is 2.38. The molecule has 0 saturated carbocycles. The van der Waals surface area contributed by atoms with Crippen LogP contribution in [0.25, 0.3) is 0 Å². The summed E-state index contributed by atoms with van der Waals surface area (Å²) in [5, 5.41) is 0. The average molecular weight is 108 g/mol. The third-order valence-corrected chi connectivity index (χ3v) is 0.618. The molecule has 0 amide bonds. The van der Waals surface area contributed by atoms with Gasteiger partial charge in [0.1, 0.15) is 0 Å². The van der Waals surface area contributed by atoms with Crippen LogP contribution in [0.4, 0.5) is 0 Å². The third kappa shape index (κ3) is 4.44. The summed E-state index contributed by atoms with van der Waals surface area (Å²) < 4.78 is 13.2. The van der Waals surface area contributed by atoms with Gasteiger partial charge in [-0.1, -0.05) is 0 Å². The summed E-state index contributed by atoms with van der Waals surface area (Å²) in [7, 11) is 2.54. The first-order valence-electron chi connectivity index (χ1n) is 0.874. The molecule has 0 aromatic rings. The second-order valence-corrected chi connectivity index (χ2v) is 1.25. The van der Waals surface area contributed by atoms with E-state index in [9.17, 15) is 0 Å². The quantitative estimate of drug-likeness (QED) is 0.291. The van der Waals surface area contributed by atoms with Gasteiger partial charge >= 0.3 is 36.3 Å². The van der Waals surface area contributed by atoms with Gasteiger partial charge in [-0.25, -0.2) is 0 Å². The van der Waals surface area contributed by atoms with E-state index in [2.05, 4.69) is 12.5 Å². The summed E-state index contributed by atoms with van der Waals surface area (Å²) in [6.45, 7) is 0. The Morgan fingerprint density at radius 2 is 2.60 bits per heavy atom. The van der Waals surface area contributed by atoms with Crippen LogP contribution in [0.3, 0.4) is 0 Å². The Balaban J connectivity index is 2.40. The van der Waals surface area contributed by atoms with E-state index >= 15 is 0 Å². The maximum absolute atomic E-state index is 9.15. The molecular formula is H2BO2PS. The van der Waals surface area contributed by atoms with Crippen LogP contribution >= 0.6 is 20.1 Å². The molecule has 0 spiro atoms. The predicted octanol–water partition coefficient (Wildman–Crippen LogP) is 0.406. The molecule has 0 N–H and O–H groups in total. The van der Waals surface area contributed by atoms with E-state index in [4.69, 9.17) is 4.70 Å². The fraction of sp³-hybridized carbons (Fsp3) is 0. The van der Waals surface area contributed by atoms with Gasteiger partial charge < -0.3 is 0 Å². The van der Waals surface area contributed by atoms with Crippen LogP contribution in [0.5, 0.6) is 0 Å². The topological polar surface area (TPSA) is 26.3 Å². The van der Waals surface area contributed by atoms with Gasteiger partial charge in [-0.15, -0.1) is 0 Å². The second kappa shape index (κ2) is 4.44. The number of hydrogen-bond donors (Lipinski definition) is 0. The third-order valence-electron chi connectivity index (χ3n) is 0.0948. The second-order valence-electron chi connectivity index (χ2n) is 0.289. The molecule has 0 rings (SSSR count). The van der Waals surface area contributed by atoms with Gasteiger partial charge in [-0.05, 0) is 0 Å². The minimum absolute atomic E-state index is 0.373. The first-order chi connectivity index (χ1) is 2.41. The molecule has 5 heavy (non-hydrogen) atoms. The Hall–Kier alpha value is 0.445. The molecule has 1 unspecified atom stereocenters. The van der Waals surface area contributed by atoms with Gasteiger partial charge in [0.15, 0.2) is 0 Å². The Morgan fingerprint density at radius 3 is 2.60 bits per heavy atom. The molecule has 0 heterocycles. The molecule has 0 fully saturated rings. The van der Waals surface area contributed by atoms with Gasteiger partial charge in [-0.3, -0.25) is 0 Å². The van der Waals surface area contributed by atoms with E-state index in [0.29, 0.717) is 7.35 Å². The molecule has 28 valence electrons. The summed E-state index contributed by atoms with van der Waals surface area (Å²) in [5.41, 5.74) is 0. The van der Waals surface area contributed by atoms with E-state index in [0.717, 1.165) is 11.7 Å². The van der Waals surface area contributed by atoms with Gasteiger partial charge in [0.2, 0.25) is 0 Å². The molecule has 0 saturated heterocycles. The molecule has 2 nitrogen and oxygen atoms in total. The van der Waals surface area contributed by atoms with E-state index in [1.807, 2.05) is 0 Å². The fourth-order valence-corrected chi connectivity index (χ4v) is 0.204. The molecule has 1 atom stereocenters. The Kier molecular flexibility index (Phi) is 4.84. The van der Waals surface area contributed by atoms with Crippen molar-refractivity contribution in [2.45, 2.75) is 0 Å². The van der Waals surface area contributed by atoms with Crippen LogP contribution in [0.15, 0.2) is 0 Å². The van der Waals surface area contributed by atoms with E-state index in [-0.39, 0.29) is 0 Å². The Bertz CT molecular complexity index is 30.8. The first kappa shape index (κ1) is 5.44. The van der Waals surface area contributed by atoms with Gasteiger partial charge in [0.25, 0.3) is 0 Å². The van der Waals surface area contributed by atoms with Crippen LogP contribution in [-0.4, -0.2) is 7.35 Å². The molecule has 5 heteroatoms. The van der Waals surface area contributed by atoms with Gasteiger partial charge in [0.05, 0.1) is 0 Å². The van der Waals surface area contributed by atoms with Crippen molar-refractivity contribution in [3.63, 3.8) is 0 Å². The van der Waals surface area contributed by atoms with Crippen LogP contribution in [0.1, 0.15) is 0 Å². The number of rotatable bonds is 2. The zero-order valence-corrected chi connectivity index (χ0v) is 4.35. The van der Waals surface area contributed by atoms with Gasteiger partial charge in [-0.2, -0.15) is 0 Å². The predicted molar refractivity (Wildman–Crippen MR) is 24.8 cm³/mol. The fourth-order valence-electron chi connectivity index (χ4n) is 0.0227. The van der Waals surface area contributed by atoms with E-state index in [1.165, 1.54) is 0 Å². The van der Waals surface area contributed by atoms with Crippen molar-refractivity contribution in [1.29, 1.82) is 0 Å². The number of hydrogen-bond acceptors (Lipinski definition) is 3. The summed E-state index contributed by atoms with van der Waals surface area (Å²) in [6.07, 6.45) is 0. The molecule has 0 aliphatic carbocycles. The molecule has 0 aliphatic heterocycles. The molecular weight excluding hydrogens is 106 g/mol. The monoisotopic (exact) mass is 108 g/mol. The van der Waals surface area contributed by atoms with Crippen LogP contribution in [-0.2, 0) is 8.81 Å². The molecule has 0 radical (unpaired) electrons. The first-order valence-corrected chi connectivity index (χ1v) is 3.09. The van der Waals surface area contributed by atoms with Crippen molar-refractivity contribution in [2.24, 2.45) is 0 Å². The van der Waals surface area contributed by atoms with Crippen molar-refractivity contribution in [2.75, 3.05) is 0 Å². The molecule has 0 aromatic carbocycles. The SMILES string of the molecule is O=BOSP. The summed E-state index contributed by atoms with van der Waals surface area (Å²) in [4.78, 5) is 0. The minimum atomic E-state index is 0.373. The summed E-state index contributed by atoms with van der Waals surface area (Å²) in [6, 6.07) is 0. The van der Waals surface area contributed by atoms with Crippen molar-refractivity contribution >= 4 is 27.5 Å². The standard InChI is InChI=1S/BH2O2PS/c2-1-3-5-4/h4H2. The van der Waals surface area contributed by atoms with Crippen molar-refractivity contribution in [1.82, 2.24) is 0 Å². The Morgan fingerprint density at radius 1 is 2.00 bits per heavy atom. The van der Waals surface area contributed by atoms with Crippen LogP contribution in [0.2, 0.25) is 0 Å².